The Hall–Kier alpha value is -1.82. The van der Waals surface area contributed by atoms with E-state index in [1.165, 1.54) is 53.3 Å². The zero-order valence-electron chi connectivity index (χ0n) is 13.0. The molecule has 2 aromatic rings. The van der Waals surface area contributed by atoms with Crippen molar-refractivity contribution in [2.45, 2.75) is 32.1 Å². The van der Waals surface area contributed by atoms with Crippen molar-refractivity contribution in [3.05, 3.63) is 58.5 Å². The van der Waals surface area contributed by atoms with E-state index in [0.29, 0.717) is 5.92 Å². The molecule has 0 aromatic heterocycles. The molecule has 1 fully saturated rings. The van der Waals surface area contributed by atoms with Gasteiger partial charge in [-0.2, -0.15) is 0 Å². The molecule has 110 valence electrons. The number of fused-ring (bicyclic) bond motifs is 4. The summed E-state index contributed by atoms with van der Waals surface area (Å²) >= 11 is 0. The predicted octanol–water partition coefficient (Wildman–Crippen LogP) is 4.17. The summed E-state index contributed by atoms with van der Waals surface area (Å²) < 4.78 is 0. The smallest absolute Gasteiger partial charge is 0.00271 e. The monoisotopic (exact) mass is 286 g/mol. The maximum atomic E-state index is 2.62. The summed E-state index contributed by atoms with van der Waals surface area (Å²) in [5, 5.41) is 5.58. The van der Waals surface area contributed by atoms with Crippen LogP contribution in [-0.2, 0) is 0 Å². The van der Waals surface area contributed by atoms with Crippen molar-refractivity contribution in [1.29, 1.82) is 0 Å². The van der Waals surface area contributed by atoms with Crippen molar-refractivity contribution in [3.8, 4) is 0 Å². The summed E-state index contributed by atoms with van der Waals surface area (Å²) in [6.07, 6.45) is 14.7. The summed E-state index contributed by atoms with van der Waals surface area (Å²) in [5.41, 5.74) is 1.59. The molecule has 0 heterocycles. The van der Waals surface area contributed by atoms with Crippen molar-refractivity contribution in [2.75, 3.05) is 0 Å². The fourth-order valence-electron chi connectivity index (χ4n) is 4.84. The van der Waals surface area contributed by atoms with Crippen LogP contribution in [0.2, 0.25) is 0 Å². The minimum absolute atomic E-state index is 0.660. The zero-order chi connectivity index (χ0) is 14.5. The molecular weight excluding hydrogens is 264 g/mol. The highest BCUT2D eigenvalue weighted by atomic mass is 14.4. The van der Waals surface area contributed by atoms with Gasteiger partial charge >= 0.3 is 0 Å². The highest BCUT2D eigenvalue weighted by Gasteiger charge is 2.31. The van der Waals surface area contributed by atoms with Gasteiger partial charge in [-0.15, -0.1) is 0 Å². The van der Waals surface area contributed by atoms with Crippen LogP contribution in [0, 0.1) is 17.8 Å². The molecule has 3 atom stereocenters. The first kappa shape index (κ1) is 12.7. The average molecular weight is 286 g/mol. The first-order chi connectivity index (χ1) is 10.9. The Morgan fingerprint density at radius 3 is 2.45 bits per heavy atom. The standard InChI is InChI=1S/C22H22/c1-2-6-16-10-20-14-22-12-18-8-4-3-7-17(18)11-21(22)13-19(20)9-15(16)5-1/h1-2,5-6,9-11,13-14,17-18,22H,3-4,7-8,12H2. The Kier molecular flexibility index (Phi) is 2.80. The SMILES string of the molecule is C1=C2C=c3cc4ccccc4cc3=CC2CC2CCCCC12. The van der Waals surface area contributed by atoms with Gasteiger partial charge in [-0.25, -0.2) is 0 Å². The topological polar surface area (TPSA) is 0 Å². The van der Waals surface area contributed by atoms with Gasteiger partial charge in [-0.1, -0.05) is 55.3 Å². The molecule has 0 bridgehead atoms. The van der Waals surface area contributed by atoms with Crippen LogP contribution in [0.4, 0.5) is 0 Å². The molecule has 1 saturated carbocycles. The van der Waals surface area contributed by atoms with Crippen molar-refractivity contribution in [3.63, 3.8) is 0 Å². The maximum Gasteiger partial charge on any atom is 0.00271 e. The maximum absolute atomic E-state index is 2.62. The number of hydrogen-bond acceptors (Lipinski definition) is 0. The molecule has 0 aliphatic heterocycles. The number of rotatable bonds is 0. The quantitative estimate of drug-likeness (QED) is 0.682. The highest BCUT2D eigenvalue weighted by Crippen LogP contribution is 2.42. The molecule has 0 amide bonds. The third-order valence-corrected chi connectivity index (χ3v) is 6.01. The van der Waals surface area contributed by atoms with E-state index in [9.17, 15) is 0 Å². The second-order valence-electron chi connectivity index (χ2n) is 7.36. The van der Waals surface area contributed by atoms with Crippen molar-refractivity contribution >= 4 is 22.9 Å². The zero-order valence-corrected chi connectivity index (χ0v) is 13.0. The molecule has 0 saturated heterocycles. The minimum atomic E-state index is 0.660. The van der Waals surface area contributed by atoms with Gasteiger partial charge in [0.1, 0.15) is 0 Å². The van der Waals surface area contributed by atoms with Crippen molar-refractivity contribution in [1.82, 2.24) is 0 Å². The van der Waals surface area contributed by atoms with Crippen LogP contribution in [0.3, 0.4) is 0 Å². The molecule has 3 aliphatic rings. The molecule has 3 aliphatic carbocycles. The Balaban J connectivity index is 1.68. The van der Waals surface area contributed by atoms with Gasteiger partial charge in [0, 0.05) is 5.92 Å². The second kappa shape index (κ2) is 4.84. The molecular formula is C22H22. The van der Waals surface area contributed by atoms with Crippen LogP contribution in [0.15, 0.2) is 48.0 Å². The third kappa shape index (κ3) is 1.97. The molecule has 0 spiro atoms. The molecule has 22 heavy (non-hydrogen) atoms. The summed E-state index contributed by atoms with van der Waals surface area (Å²) in [5.74, 6) is 2.45. The van der Waals surface area contributed by atoms with E-state index in [1.54, 1.807) is 5.57 Å². The van der Waals surface area contributed by atoms with Crippen LogP contribution in [-0.4, -0.2) is 0 Å². The molecule has 5 rings (SSSR count). The highest BCUT2D eigenvalue weighted by molar-refractivity contribution is 5.83. The third-order valence-electron chi connectivity index (χ3n) is 6.01. The molecule has 0 nitrogen and oxygen atoms in total. The molecule has 2 aromatic carbocycles. The number of benzene rings is 2. The first-order valence-corrected chi connectivity index (χ1v) is 8.81. The van der Waals surface area contributed by atoms with Gasteiger partial charge < -0.3 is 0 Å². The normalized spacial score (nSPS) is 29.5. The lowest BCUT2D eigenvalue weighted by Crippen LogP contribution is -2.34. The second-order valence-corrected chi connectivity index (χ2v) is 7.36. The minimum Gasteiger partial charge on any atom is -0.0773 e. The van der Waals surface area contributed by atoms with Gasteiger partial charge in [-0.05, 0) is 70.0 Å². The molecule has 0 radical (unpaired) electrons. The molecule has 0 heteroatoms. The lowest BCUT2D eigenvalue weighted by Gasteiger charge is -2.37. The number of hydrogen-bond donors (Lipinski definition) is 0. The van der Waals surface area contributed by atoms with Crippen LogP contribution in [0.1, 0.15) is 32.1 Å². The molecule has 3 unspecified atom stereocenters. The lowest BCUT2D eigenvalue weighted by molar-refractivity contribution is 0.243. The summed E-state index contributed by atoms with van der Waals surface area (Å²) in [7, 11) is 0. The molecule has 0 N–H and O–H groups in total. The van der Waals surface area contributed by atoms with E-state index in [-0.39, 0.29) is 0 Å². The van der Waals surface area contributed by atoms with E-state index in [0.717, 1.165) is 11.8 Å². The van der Waals surface area contributed by atoms with Gasteiger partial charge in [-0.3, -0.25) is 0 Å². The Bertz CT molecular complexity index is 884. The van der Waals surface area contributed by atoms with Gasteiger partial charge in [0.2, 0.25) is 0 Å². The fraction of sp³-hybridized carbons (Fsp3) is 0.364. The summed E-state index contributed by atoms with van der Waals surface area (Å²) in [6.45, 7) is 0. The lowest BCUT2D eigenvalue weighted by atomic mass is 9.67. The Labute approximate surface area is 131 Å². The van der Waals surface area contributed by atoms with E-state index in [4.69, 9.17) is 0 Å². The predicted molar refractivity (Wildman–Crippen MR) is 93.8 cm³/mol. The van der Waals surface area contributed by atoms with Crippen LogP contribution in [0.25, 0.3) is 22.9 Å². The van der Waals surface area contributed by atoms with E-state index >= 15 is 0 Å². The van der Waals surface area contributed by atoms with Gasteiger partial charge in [0.15, 0.2) is 0 Å². The average Bonchev–Trinajstić information content (AvgIpc) is 2.56. The number of allylic oxidation sites excluding steroid dienone is 2. The van der Waals surface area contributed by atoms with Gasteiger partial charge in [0.05, 0.1) is 0 Å². The Morgan fingerprint density at radius 1 is 0.818 bits per heavy atom. The Morgan fingerprint density at radius 2 is 1.59 bits per heavy atom. The van der Waals surface area contributed by atoms with Crippen LogP contribution in [0.5, 0.6) is 0 Å². The van der Waals surface area contributed by atoms with Crippen LogP contribution >= 0.6 is 0 Å². The van der Waals surface area contributed by atoms with Crippen molar-refractivity contribution < 1.29 is 0 Å². The van der Waals surface area contributed by atoms with E-state index < -0.39 is 0 Å². The van der Waals surface area contributed by atoms with E-state index in [1.807, 2.05) is 0 Å². The first-order valence-electron chi connectivity index (χ1n) is 8.81. The summed E-state index contributed by atoms with van der Waals surface area (Å²) in [6, 6.07) is 13.5. The van der Waals surface area contributed by atoms with E-state index in [2.05, 4.69) is 54.6 Å². The largest absolute Gasteiger partial charge is 0.0773 e. The van der Waals surface area contributed by atoms with Crippen LogP contribution < -0.4 is 10.4 Å². The fourth-order valence-corrected chi connectivity index (χ4v) is 4.84. The van der Waals surface area contributed by atoms with Crippen molar-refractivity contribution in [2.24, 2.45) is 17.8 Å². The van der Waals surface area contributed by atoms with Gasteiger partial charge in [0.25, 0.3) is 0 Å². The summed E-state index contributed by atoms with van der Waals surface area (Å²) in [4.78, 5) is 0.